The maximum Gasteiger partial charge on any atom is 0.387 e. The summed E-state index contributed by atoms with van der Waals surface area (Å²) in [5.41, 5.74) is 6.20. The fourth-order valence-corrected chi connectivity index (χ4v) is 1.18. The zero-order valence-corrected chi connectivity index (χ0v) is 8.23. The number of rotatable bonds is 4. The van der Waals surface area contributed by atoms with Crippen molar-refractivity contribution in [2.45, 2.75) is 25.7 Å². The number of benzene rings is 1. The SMILES string of the molecule is C[C@@H](O)[C@H](N)c1cccc(OC(F)F)c1. The molecule has 0 aromatic heterocycles. The number of hydrogen-bond acceptors (Lipinski definition) is 3. The van der Waals surface area contributed by atoms with E-state index < -0.39 is 18.8 Å². The van der Waals surface area contributed by atoms with Crippen LogP contribution in [-0.4, -0.2) is 17.8 Å². The first-order valence-corrected chi connectivity index (χ1v) is 4.49. The highest BCUT2D eigenvalue weighted by molar-refractivity contribution is 5.30. The van der Waals surface area contributed by atoms with Gasteiger partial charge in [0, 0.05) is 0 Å². The molecule has 0 aliphatic carbocycles. The zero-order valence-electron chi connectivity index (χ0n) is 8.23. The summed E-state index contributed by atoms with van der Waals surface area (Å²) in [5, 5.41) is 9.23. The number of nitrogens with two attached hydrogens (primary N) is 1. The molecule has 0 aliphatic rings. The maximum atomic E-state index is 11.9. The summed E-state index contributed by atoms with van der Waals surface area (Å²) in [6.07, 6.45) is -0.744. The topological polar surface area (TPSA) is 55.5 Å². The second kappa shape index (κ2) is 5.04. The Bertz CT molecular complexity index is 318. The summed E-state index contributed by atoms with van der Waals surface area (Å²) in [6.45, 7) is -1.33. The van der Waals surface area contributed by atoms with Crippen molar-refractivity contribution in [2.24, 2.45) is 5.73 Å². The zero-order chi connectivity index (χ0) is 11.4. The quantitative estimate of drug-likeness (QED) is 0.806. The van der Waals surface area contributed by atoms with Crippen molar-refractivity contribution in [3.63, 3.8) is 0 Å². The number of hydrogen-bond donors (Lipinski definition) is 2. The molecule has 0 amide bonds. The van der Waals surface area contributed by atoms with Gasteiger partial charge in [0.15, 0.2) is 0 Å². The fourth-order valence-electron chi connectivity index (χ4n) is 1.18. The van der Waals surface area contributed by atoms with Crippen molar-refractivity contribution < 1.29 is 18.6 Å². The number of aliphatic hydroxyl groups excluding tert-OH is 1. The molecule has 0 aliphatic heterocycles. The molecule has 1 aromatic rings. The lowest BCUT2D eigenvalue weighted by Gasteiger charge is -2.15. The highest BCUT2D eigenvalue weighted by atomic mass is 19.3. The van der Waals surface area contributed by atoms with Gasteiger partial charge in [0.05, 0.1) is 12.1 Å². The average Bonchev–Trinajstić information content (AvgIpc) is 2.16. The van der Waals surface area contributed by atoms with E-state index in [1.807, 2.05) is 0 Å². The molecule has 3 nitrogen and oxygen atoms in total. The molecule has 0 saturated carbocycles. The molecule has 5 heteroatoms. The van der Waals surface area contributed by atoms with Crippen molar-refractivity contribution in [2.75, 3.05) is 0 Å². The minimum atomic E-state index is -2.86. The van der Waals surface area contributed by atoms with E-state index in [-0.39, 0.29) is 5.75 Å². The van der Waals surface area contributed by atoms with Crippen LogP contribution in [0.1, 0.15) is 18.5 Å². The first-order chi connectivity index (χ1) is 7.00. The first kappa shape index (κ1) is 11.9. The summed E-state index contributed by atoms with van der Waals surface area (Å²) >= 11 is 0. The largest absolute Gasteiger partial charge is 0.435 e. The van der Waals surface area contributed by atoms with E-state index in [1.165, 1.54) is 19.1 Å². The predicted octanol–water partition coefficient (Wildman–Crippen LogP) is 1.67. The normalized spacial score (nSPS) is 15.1. The minimum absolute atomic E-state index is 0.0404. The highest BCUT2D eigenvalue weighted by Crippen LogP contribution is 2.21. The van der Waals surface area contributed by atoms with Crippen molar-refractivity contribution in [3.05, 3.63) is 29.8 Å². The molecule has 0 saturated heterocycles. The van der Waals surface area contributed by atoms with Crippen molar-refractivity contribution in [1.82, 2.24) is 0 Å². The number of ether oxygens (including phenoxy) is 1. The average molecular weight is 217 g/mol. The van der Waals surface area contributed by atoms with E-state index >= 15 is 0 Å². The predicted molar refractivity (Wildman–Crippen MR) is 51.7 cm³/mol. The Morgan fingerprint density at radius 1 is 1.40 bits per heavy atom. The molecule has 0 heterocycles. The van der Waals surface area contributed by atoms with E-state index in [4.69, 9.17) is 5.73 Å². The molecule has 1 aromatic carbocycles. The van der Waals surface area contributed by atoms with Gasteiger partial charge < -0.3 is 15.6 Å². The van der Waals surface area contributed by atoms with E-state index in [9.17, 15) is 13.9 Å². The Hall–Kier alpha value is -1.20. The van der Waals surface area contributed by atoms with Crippen LogP contribution in [0.25, 0.3) is 0 Å². The molecular weight excluding hydrogens is 204 g/mol. The van der Waals surface area contributed by atoms with Gasteiger partial charge in [0.25, 0.3) is 0 Å². The van der Waals surface area contributed by atoms with Crippen LogP contribution in [0.3, 0.4) is 0 Å². The summed E-state index contributed by atoms with van der Waals surface area (Å²) < 4.78 is 28.0. The second-order valence-corrected chi connectivity index (χ2v) is 3.22. The molecule has 1 rings (SSSR count). The Balaban J connectivity index is 2.82. The Kier molecular flexibility index (Phi) is 3.99. The molecule has 0 radical (unpaired) electrons. The van der Waals surface area contributed by atoms with E-state index in [2.05, 4.69) is 4.74 Å². The molecule has 84 valence electrons. The summed E-state index contributed by atoms with van der Waals surface area (Å²) in [4.78, 5) is 0. The molecule has 0 bridgehead atoms. The van der Waals surface area contributed by atoms with E-state index in [1.54, 1.807) is 12.1 Å². The lowest BCUT2D eigenvalue weighted by Crippen LogP contribution is -2.23. The van der Waals surface area contributed by atoms with Gasteiger partial charge in [-0.2, -0.15) is 8.78 Å². The summed E-state index contributed by atoms with van der Waals surface area (Å²) in [6, 6.07) is 5.39. The molecule has 2 atom stereocenters. The smallest absolute Gasteiger partial charge is 0.387 e. The number of halogens is 2. The van der Waals surface area contributed by atoms with Crippen LogP contribution < -0.4 is 10.5 Å². The van der Waals surface area contributed by atoms with Crippen LogP contribution in [0.5, 0.6) is 5.75 Å². The highest BCUT2D eigenvalue weighted by Gasteiger charge is 2.13. The molecule has 0 fully saturated rings. The van der Waals surface area contributed by atoms with E-state index in [0.29, 0.717) is 5.56 Å². The van der Waals surface area contributed by atoms with Crippen LogP contribution in [-0.2, 0) is 0 Å². The first-order valence-electron chi connectivity index (χ1n) is 4.49. The van der Waals surface area contributed by atoms with Crippen LogP contribution in [0.15, 0.2) is 24.3 Å². The lowest BCUT2D eigenvalue weighted by atomic mass is 10.0. The standard InChI is InChI=1S/C10H13F2NO2/c1-6(14)9(13)7-3-2-4-8(5-7)15-10(11)12/h2-6,9-10,14H,13H2,1H3/t6-,9+/m1/s1. The van der Waals surface area contributed by atoms with Crippen molar-refractivity contribution in [3.8, 4) is 5.75 Å². The summed E-state index contributed by atoms with van der Waals surface area (Å²) in [5.74, 6) is 0.0404. The summed E-state index contributed by atoms with van der Waals surface area (Å²) in [7, 11) is 0. The minimum Gasteiger partial charge on any atom is -0.435 e. The second-order valence-electron chi connectivity index (χ2n) is 3.22. The Morgan fingerprint density at radius 2 is 2.07 bits per heavy atom. The Labute approximate surface area is 86.5 Å². The van der Waals surface area contributed by atoms with Gasteiger partial charge in [-0.15, -0.1) is 0 Å². The van der Waals surface area contributed by atoms with E-state index in [0.717, 1.165) is 0 Å². The van der Waals surface area contributed by atoms with Crippen molar-refractivity contribution in [1.29, 1.82) is 0 Å². The molecule has 3 N–H and O–H groups in total. The lowest BCUT2D eigenvalue weighted by molar-refractivity contribution is -0.0499. The Morgan fingerprint density at radius 3 is 2.60 bits per heavy atom. The number of aliphatic hydroxyl groups is 1. The molecule has 15 heavy (non-hydrogen) atoms. The van der Waals surface area contributed by atoms with Crippen LogP contribution in [0.2, 0.25) is 0 Å². The van der Waals surface area contributed by atoms with Crippen LogP contribution >= 0.6 is 0 Å². The molecule has 0 unspecified atom stereocenters. The van der Waals surface area contributed by atoms with Gasteiger partial charge in [-0.1, -0.05) is 12.1 Å². The monoisotopic (exact) mass is 217 g/mol. The third-order valence-electron chi connectivity index (χ3n) is 1.99. The maximum absolute atomic E-state index is 11.9. The van der Waals surface area contributed by atoms with Crippen molar-refractivity contribution >= 4 is 0 Å². The van der Waals surface area contributed by atoms with Gasteiger partial charge in [0.2, 0.25) is 0 Å². The third kappa shape index (κ3) is 3.45. The molecule has 0 spiro atoms. The van der Waals surface area contributed by atoms with Gasteiger partial charge in [-0.05, 0) is 24.6 Å². The number of alkyl halides is 2. The third-order valence-corrected chi connectivity index (χ3v) is 1.99. The van der Waals surface area contributed by atoms with Crippen LogP contribution in [0.4, 0.5) is 8.78 Å². The van der Waals surface area contributed by atoms with Gasteiger partial charge in [-0.25, -0.2) is 0 Å². The fraction of sp³-hybridized carbons (Fsp3) is 0.400. The van der Waals surface area contributed by atoms with Gasteiger partial charge >= 0.3 is 6.61 Å². The van der Waals surface area contributed by atoms with Crippen LogP contribution in [0, 0.1) is 0 Å². The molecular formula is C10H13F2NO2. The van der Waals surface area contributed by atoms with Gasteiger partial charge in [-0.3, -0.25) is 0 Å². The van der Waals surface area contributed by atoms with Gasteiger partial charge in [0.1, 0.15) is 5.75 Å².